The van der Waals surface area contributed by atoms with Crippen LogP contribution < -0.4 is 16.2 Å². The molecule has 1 atom stereocenters. The number of nitrogens with zero attached hydrogens (tertiary/aromatic N) is 7. The lowest BCUT2D eigenvalue weighted by molar-refractivity contribution is 0.420. The first-order valence-corrected chi connectivity index (χ1v) is 12.6. The Morgan fingerprint density at radius 2 is 1.84 bits per heavy atom. The molecule has 5 aromatic rings. The third-order valence-electron chi connectivity index (χ3n) is 6.85. The maximum atomic E-state index is 13.9. The van der Waals surface area contributed by atoms with Gasteiger partial charge in [0.25, 0.3) is 11.4 Å². The fraction of sp³-hybridized carbons (Fsp3) is 0.250. The molecule has 0 saturated carbocycles. The van der Waals surface area contributed by atoms with Gasteiger partial charge in [-0.25, -0.2) is 4.98 Å². The highest BCUT2D eigenvalue weighted by molar-refractivity contribution is 5.89. The summed E-state index contributed by atoms with van der Waals surface area (Å²) in [6.07, 6.45) is 3.29. The molecular weight excluding hydrogens is 480 g/mol. The number of anilines is 1. The monoisotopic (exact) mass is 506 g/mol. The van der Waals surface area contributed by atoms with Gasteiger partial charge in [0.2, 0.25) is 0 Å². The molecule has 1 aliphatic rings. The largest absolute Gasteiger partial charge is 0.355 e. The molecule has 0 radical (unpaired) electrons. The van der Waals surface area contributed by atoms with E-state index in [1.807, 2.05) is 65.2 Å². The average molecular weight is 507 g/mol. The smallest absolute Gasteiger partial charge is 0.278 e. The molecular formula is C28H26N8O2. The number of rotatable bonds is 6. The Bertz CT molecular complexity index is 1680. The van der Waals surface area contributed by atoms with Gasteiger partial charge in [-0.15, -0.1) is 0 Å². The van der Waals surface area contributed by atoms with Crippen molar-refractivity contribution in [2.45, 2.75) is 32.0 Å². The predicted molar refractivity (Wildman–Crippen MR) is 143 cm³/mol. The summed E-state index contributed by atoms with van der Waals surface area (Å²) in [4.78, 5) is 25.1. The molecule has 10 nitrogen and oxygen atoms in total. The number of nitrogens with two attached hydrogens (primary N) is 1. The summed E-state index contributed by atoms with van der Waals surface area (Å²) in [7, 11) is 0. The van der Waals surface area contributed by atoms with Crippen molar-refractivity contribution in [2.24, 2.45) is 5.73 Å². The molecule has 4 heterocycles. The second-order valence-electron chi connectivity index (χ2n) is 9.49. The fourth-order valence-corrected chi connectivity index (χ4v) is 5.09. The Labute approximate surface area is 218 Å². The lowest BCUT2D eigenvalue weighted by atomic mass is 10.1. The summed E-state index contributed by atoms with van der Waals surface area (Å²) in [6.45, 7) is 1.87. The first-order valence-electron chi connectivity index (χ1n) is 12.6. The molecule has 1 fully saturated rings. The van der Waals surface area contributed by atoms with Crippen LogP contribution in [0.25, 0.3) is 22.5 Å². The van der Waals surface area contributed by atoms with E-state index in [0.717, 1.165) is 30.5 Å². The molecule has 0 spiro atoms. The van der Waals surface area contributed by atoms with Crippen molar-refractivity contribution in [2.75, 3.05) is 18.0 Å². The Kier molecular flexibility index (Phi) is 6.19. The Morgan fingerprint density at radius 1 is 1.08 bits per heavy atom. The van der Waals surface area contributed by atoms with Crippen LogP contribution in [-0.4, -0.2) is 43.4 Å². The number of piperidine rings is 1. The molecule has 6 rings (SSSR count). The zero-order valence-corrected chi connectivity index (χ0v) is 20.7. The minimum atomic E-state index is -0.277. The van der Waals surface area contributed by atoms with Gasteiger partial charge in [-0.3, -0.25) is 9.36 Å². The summed E-state index contributed by atoms with van der Waals surface area (Å²) in [6, 6.07) is 21.6. The Balaban J connectivity index is 1.46. The van der Waals surface area contributed by atoms with E-state index >= 15 is 0 Å². The van der Waals surface area contributed by atoms with E-state index in [2.05, 4.69) is 26.1 Å². The van der Waals surface area contributed by atoms with Crippen LogP contribution in [0.4, 0.5) is 5.82 Å². The summed E-state index contributed by atoms with van der Waals surface area (Å²) in [5, 5.41) is 14.3. The van der Waals surface area contributed by atoms with Gasteiger partial charge in [0.1, 0.15) is 28.5 Å². The lowest BCUT2D eigenvalue weighted by Crippen LogP contribution is -2.44. The van der Waals surface area contributed by atoms with Crippen LogP contribution in [0.2, 0.25) is 0 Å². The lowest BCUT2D eigenvalue weighted by Gasteiger charge is -2.33. The summed E-state index contributed by atoms with van der Waals surface area (Å²) in [5.74, 6) is 1.43. The zero-order valence-electron chi connectivity index (χ0n) is 20.7. The minimum Gasteiger partial charge on any atom is -0.355 e. The molecule has 190 valence electrons. The van der Waals surface area contributed by atoms with Crippen LogP contribution in [-0.2, 0) is 13.1 Å². The van der Waals surface area contributed by atoms with Gasteiger partial charge in [0, 0.05) is 31.2 Å². The van der Waals surface area contributed by atoms with Crippen LogP contribution in [0.15, 0.2) is 76.3 Å². The molecule has 1 aliphatic heterocycles. The number of benzene rings is 2. The third-order valence-corrected chi connectivity index (χ3v) is 6.85. The van der Waals surface area contributed by atoms with Crippen LogP contribution in [0.3, 0.4) is 0 Å². The van der Waals surface area contributed by atoms with E-state index in [1.54, 1.807) is 0 Å². The van der Waals surface area contributed by atoms with Crippen molar-refractivity contribution >= 4 is 16.9 Å². The molecule has 2 N–H and O–H groups in total. The number of hydrogen-bond acceptors (Lipinski definition) is 8. The molecule has 1 saturated heterocycles. The van der Waals surface area contributed by atoms with Gasteiger partial charge < -0.3 is 19.7 Å². The van der Waals surface area contributed by atoms with E-state index < -0.39 is 0 Å². The van der Waals surface area contributed by atoms with Crippen molar-refractivity contribution in [3.63, 3.8) is 0 Å². The molecule has 0 amide bonds. The predicted octanol–water partition coefficient (Wildman–Crippen LogP) is 3.14. The molecule has 10 heteroatoms. The van der Waals surface area contributed by atoms with Crippen LogP contribution in [0, 0.1) is 11.3 Å². The quantitative estimate of drug-likeness (QED) is 0.372. The van der Waals surface area contributed by atoms with E-state index in [-0.39, 0.29) is 18.1 Å². The second-order valence-corrected chi connectivity index (χ2v) is 9.49. The first kappa shape index (κ1) is 23.6. The number of nitriles is 1. The maximum absolute atomic E-state index is 13.9. The molecule has 0 unspecified atom stereocenters. The molecule has 38 heavy (non-hydrogen) atoms. The topological polar surface area (TPSA) is 132 Å². The third kappa shape index (κ3) is 4.33. The molecule has 3 aromatic heterocycles. The Morgan fingerprint density at radius 3 is 2.58 bits per heavy atom. The number of hydrogen-bond donors (Lipinski definition) is 1. The van der Waals surface area contributed by atoms with Crippen LogP contribution in [0.5, 0.6) is 0 Å². The molecule has 0 aliphatic carbocycles. The van der Waals surface area contributed by atoms with Gasteiger partial charge in [0.15, 0.2) is 5.82 Å². The summed E-state index contributed by atoms with van der Waals surface area (Å²) >= 11 is 0. The van der Waals surface area contributed by atoms with Gasteiger partial charge >= 0.3 is 0 Å². The van der Waals surface area contributed by atoms with Crippen LogP contribution in [0.1, 0.15) is 29.8 Å². The van der Waals surface area contributed by atoms with Crippen molar-refractivity contribution in [3.8, 4) is 17.5 Å². The highest BCUT2D eigenvalue weighted by Gasteiger charge is 2.28. The van der Waals surface area contributed by atoms with E-state index in [4.69, 9.17) is 10.3 Å². The maximum Gasteiger partial charge on any atom is 0.278 e. The van der Waals surface area contributed by atoms with E-state index in [0.29, 0.717) is 47.2 Å². The van der Waals surface area contributed by atoms with Crippen LogP contribution >= 0.6 is 0 Å². The molecule has 0 bridgehead atoms. The second kappa shape index (κ2) is 9.95. The van der Waals surface area contributed by atoms with Crippen molar-refractivity contribution < 1.29 is 4.52 Å². The Hall–Kier alpha value is -4.75. The number of aromatic nitrogens is 5. The highest BCUT2D eigenvalue weighted by atomic mass is 16.5. The standard InChI is InChI=1S/C28H26N8O2/c29-14-22-24-25(36(15-19-8-3-1-4-9-19)27(22)34-13-7-12-21(30)16-34)28(37)35(18-31-24)17-23-32-26(38-33-23)20-10-5-2-6-11-20/h1-6,8-11,18,21H,7,12-13,15-17,30H2/t21-/m0/s1. The highest BCUT2D eigenvalue weighted by Crippen LogP contribution is 2.32. The van der Waals surface area contributed by atoms with E-state index in [9.17, 15) is 10.1 Å². The van der Waals surface area contributed by atoms with Gasteiger partial charge in [-0.1, -0.05) is 53.7 Å². The first-order chi connectivity index (χ1) is 18.6. The summed E-state index contributed by atoms with van der Waals surface area (Å²) < 4.78 is 8.79. The number of fused-ring (bicyclic) bond motifs is 1. The SMILES string of the molecule is N#Cc1c(N2CCC[C@H](N)C2)n(Cc2ccccc2)c2c(=O)n(Cc3noc(-c4ccccc4)n3)cnc12. The minimum absolute atomic E-state index is 0.000137. The fourth-order valence-electron chi connectivity index (χ4n) is 5.09. The van der Waals surface area contributed by atoms with Crippen molar-refractivity contribution in [1.29, 1.82) is 5.26 Å². The summed E-state index contributed by atoms with van der Waals surface area (Å²) in [5.41, 5.74) is 8.97. The normalized spacial score (nSPS) is 15.6. The average Bonchev–Trinajstić information content (AvgIpc) is 3.54. The van der Waals surface area contributed by atoms with Crippen molar-refractivity contribution in [1.82, 2.24) is 24.3 Å². The van der Waals surface area contributed by atoms with Gasteiger partial charge in [-0.05, 0) is 30.5 Å². The van der Waals surface area contributed by atoms with Crippen molar-refractivity contribution in [3.05, 3.63) is 94.3 Å². The molecule has 2 aromatic carbocycles. The van der Waals surface area contributed by atoms with Gasteiger partial charge in [-0.2, -0.15) is 10.2 Å². The van der Waals surface area contributed by atoms with E-state index in [1.165, 1.54) is 10.9 Å². The zero-order chi connectivity index (χ0) is 26.1. The van der Waals surface area contributed by atoms with Gasteiger partial charge in [0.05, 0.1) is 12.9 Å².